The fourth-order valence-electron chi connectivity index (χ4n) is 11.7. The fourth-order valence-corrected chi connectivity index (χ4v) is 23.3. The summed E-state index contributed by atoms with van der Waals surface area (Å²) in [6.07, 6.45) is 0. The summed E-state index contributed by atoms with van der Waals surface area (Å²) < 4.78 is 2.43. The molecule has 0 saturated heterocycles. The first-order chi connectivity index (χ1) is 34.9. The standard InChI is InChI=1S/C65H48N2S2Si2/c1-65(2)57-43-61-59(66-63(68-61)45-23-21-37-53(39-45)70(47-25-9-3-10-26-47,48-27-11-4-12-28-48)49-29-13-5-14-30-49)41-55(57)56-42-60-62(44-58(56)65)69-64(67-60)46-24-22-38-54(40-46)71(50-31-15-6-16-32-50,51-33-17-7-18-34-51)52-35-19-8-20-36-52/h3-44H,1-2H3. The van der Waals surface area contributed by atoms with Crippen LogP contribution in [0.3, 0.4) is 0 Å². The topological polar surface area (TPSA) is 25.8 Å². The van der Waals surface area contributed by atoms with Crippen molar-refractivity contribution in [2.24, 2.45) is 0 Å². The Labute approximate surface area is 425 Å². The maximum atomic E-state index is 5.45. The van der Waals surface area contributed by atoms with Gasteiger partial charge in [-0.05, 0) is 88.0 Å². The summed E-state index contributed by atoms with van der Waals surface area (Å²) in [6, 6.07) is 95.0. The lowest BCUT2D eigenvalue weighted by Gasteiger charge is -2.34. The highest BCUT2D eigenvalue weighted by Crippen LogP contribution is 2.52. The molecule has 0 N–H and O–H groups in total. The van der Waals surface area contributed by atoms with Crippen LogP contribution in [0.2, 0.25) is 0 Å². The minimum Gasteiger partial charge on any atom is -0.236 e. The van der Waals surface area contributed by atoms with Gasteiger partial charge in [0.05, 0.1) is 20.4 Å². The molecule has 2 nitrogen and oxygen atoms in total. The molecule has 10 aromatic carbocycles. The lowest BCUT2D eigenvalue weighted by molar-refractivity contribution is 0.662. The van der Waals surface area contributed by atoms with E-state index in [-0.39, 0.29) is 5.41 Å². The van der Waals surface area contributed by atoms with Gasteiger partial charge in [-0.1, -0.05) is 244 Å². The Morgan fingerprint density at radius 3 is 0.887 bits per heavy atom. The summed E-state index contributed by atoms with van der Waals surface area (Å²) in [6.45, 7) is 4.77. The van der Waals surface area contributed by atoms with Gasteiger partial charge in [0.15, 0.2) is 16.1 Å². The fraction of sp³-hybridized carbons (Fsp3) is 0.0462. The number of hydrogen-bond donors (Lipinski definition) is 0. The second-order valence-electron chi connectivity index (χ2n) is 19.3. The zero-order chi connectivity index (χ0) is 47.6. The third-order valence-electron chi connectivity index (χ3n) is 15.0. The maximum Gasteiger partial charge on any atom is 0.179 e. The van der Waals surface area contributed by atoms with Crippen LogP contribution in [-0.4, -0.2) is 26.1 Å². The SMILES string of the molecule is CC1(C)c2cc3sc(-c4cccc([Si](c5ccccc5)(c5ccccc5)c5ccccc5)c4)nc3cc2-c2cc3nc(-c4cccc([Si](c5ccccc5)(c5ccccc5)c5ccccc5)c4)sc3cc21. The van der Waals surface area contributed by atoms with Gasteiger partial charge in [-0.25, -0.2) is 9.97 Å². The third-order valence-corrected chi connectivity index (χ3v) is 26.7. The van der Waals surface area contributed by atoms with Crippen LogP contribution in [0.25, 0.3) is 52.7 Å². The van der Waals surface area contributed by atoms with Gasteiger partial charge in [0.25, 0.3) is 0 Å². The van der Waals surface area contributed by atoms with Gasteiger partial charge in [-0.15, -0.1) is 22.7 Å². The second-order valence-corrected chi connectivity index (χ2v) is 28.9. The zero-order valence-corrected chi connectivity index (χ0v) is 43.1. The van der Waals surface area contributed by atoms with Gasteiger partial charge >= 0.3 is 0 Å². The van der Waals surface area contributed by atoms with Crippen LogP contribution in [0, 0.1) is 0 Å². The molecule has 71 heavy (non-hydrogen) atoms. The molecule has 0 atom stereocenters. The van der Waals surface area contributed by atoms with Crippen molar-refractivity contribution >= 4 is 101 Å². The van der Waals surface area contributed by atoms with E-state index in [4.69, 9.17) is 9.97 Å². The Hall–Kier alpha value is -7.59. The molecule has 338 valence electrons. The zero-order valence-electron chi connectivity index (χ0n) is 39.5. The molecule has 0 aliphatic heterocycles. The molecule has 13 rings (SSSR count). The van der Waals surface area contributed by atoms with Gasteiger partial charge in [-0.2, -0.15) is 0 Å². The lowest BCUT2D eigenvalue weighted by Crippen LogP contribution is -2.74. The van der Waals surface area contributed by atoms with Crippen molar-refractivity contribution in [2.75, 3.05) is 0 Å². The third kappa shape index (κ3) is 7.00. The Bertz CT molecular complexity index is 3440. The Morgan fingerprint density at radius 1 is 0.310 bits per heavy atom. The first-order valence-corrected chi connectivity index (χ1v) is 30.0. The minimum atomic E-state index is -2.70. The Morgan fingerprint density at radius 2 is 0.592 bits per heavy atom. The van der Waals surface area contributed by atoms with Crippen LogP contribution >= 0.6 is 22.7 Å². The number of nitrogens with zero attached hydrogens (tertiary/aromatic N) is 2. The predicted molar refractivity (Wildman–Crippen MR) is 308 cm³/mol. The Kier molecular flexibility index (Phi) is 10.6. The monoisotopic (exact) mass is 976 g/mol. The largest absolute Gasteiger partial charge is 0.236 e. The summed E-state index contributed by atoms with van der Waals surface area (Å²) in [5.74, 6) is 0. The summed E-state index contributed by atoms with van der Waals surface area (Å²) in [4.78, 5) is 10.9. The van der Waals surface area contributed by atoms with Crippen molar-refractivity contribution in [3.8, 4) is 32.3 Å². The number of hydrogen-bond acceptors (Lipinski definition) is 4. The first kappa shape index (κ1) is 43.4. The van der Waals surface area contributed by atoms with Gasteiger partial charge in [0, 0.05) is 16.5 Å². The summed E-state index contributed by atoms with van der Waals surface area (Å²) in [7, 11) is -5.40. The second kappa shape index (κ2) is 17.4. The molecule has 0 bridgehead atoms. The maximum absolute atomic E-state index is 5.45. The van der Waals surface area contributed by atoms with Crippen molar-refractivity contribution < 1.29 is 0 Å². The molecule has 1 aliphatic rings. The number of thiazole rings is 2. The van der Waals surface area contributed by atoms with Crippen LogP contribution in [0.15, 0.2) is 255 Å². The van der Waals surface area contributed by atoms with Crippen molar-refractivity contribution in [3.63, 3.8) is 0 Å². The molecule has 0 radical (unpaired) electrons. The molecular weight excluding hydrogens is 929 g/mol. The van der Waals surface area contributed by atoms with Crippen LogP contribution in [0.1, 0.15) is 25.0 Å². The van der Waals surface area contributed by atoms with Gasteiger partial charge in [0.2, 0.25) is 0 Å². The van der Waals surface area contributed by atoms with E-state index in [1.54, 1.807) is 22.7 Å². The molecule has 0 spiro atoms. The van der Waals surface area contributed by atoms with E-state index in [0.717, 1.165) is 32.2 Å². The summed E-state index contributed by atoms with van der Waals surface area (Å²) >= 11 is 3.60. The van der Waals surface area contributed by atoms with E-state index in [1.807, 2.05) is 0 Å². The normalized spacial score (nSPS) is 13.0. The van der Waals surface area contributed by atoms with Crippen LogP contribution < -0.4 is 41.5 Å². The number of rotatable bonds is 10. The van der Waals surface area contributed by atoms with E-state index in [9.17, 15) is 0 Å². The van der Waals surface area contributed by atoms with Crippen molar-refractivity contribution in [1.82, 2.24) is 9.97 Å². The molecule has 0 fully saturated rings. The van der Waals surface area contributed by atoms with Crippen LogP contribution in [0.4, 0.5) is 0 Å². The van der Waals surface area contributed by atoms with E-state index < -0.39 is 16.1 Å². The van der Waals surface area contributed by atoms with E-state index in [0.29, 0.717) is 0 Å². The van der Waals surface area contributed by atoms with Crippen LogP contribution in [-0.2, 0) is 5.41 Å². The highest BCUT2D eigenvalue weighted by Gasteiger charge is 2.43. The van der Waals surface area contributed by atoms with Crippen molar-refractivity contribution in [3.05, 3.63) is 266 Å². The molecule has 1 aliphatic carbocycles. The van der Waals surface area contributed by atoms with Crippen molar-refractivity contribution in [2.45, 2.75) is 19.3 Å². The highest BCUT2D eigenvalue weighted by atomic mass is 32.1. The van der Waals surface area contributed by atoms with E-state index >= 15 is 0 Å². The van der Waals surface area contributed by atoms with Crippen LogP contribution in [0.5, 0.6) is 0 Å². The highest BCUT2D eigenvalue weighted by molar-refractivity contribution is 7.23. The molecule has 2 aromatic heterocycles. The van der Waals surface area contributed by atoms with Gasteiger partial charge in [0.1, 0.15) is 10.0 Å². The lowest BCUT2D eigenvalue weighted by atomic mass is 9.82. The molecule has 0 unspecified atom stereocenters. The molecule has 2 heterocycles. The van der Waals surface area contributed by atoms with E-state index in [1.165, 1.54) is 73.1 Å². The molecule has 6 heteroatoms. The summed E-state index contributed by atoms with van der Waals surface area (Å²) in [5, 5.41) is 13.0. The smallest absolute Gasteiger partial charge is 0.179 e. The first-order valence-electron chi connectivity index (χ1n) is 24.4. The van der Waals surface area contributed by atoms with E-state index in [2.05, 4.69) is 269 Å². The number of fused-ring (bicyclic) bond motifs is 5. The summed E-state index contributed by atoms with van der Waals surface area (Å²) in [5.41, 5.74) is 9.40. The minimum absolute atomic E-state index is 0.195. The predicted octanol–water partition coefficient (Wildman–Crippen LogP) is 11.3. The number of aromatic nitrogens is 2. The average Bonchev–Trinajstić information content (AvgIpc) is 4.12. The van der Waals surface area contributed by atoms with Crippen molar-refractivity contribution in [1.29, 1.82) is 0 Å². The molecule has 12 aromatic rings. The van der Waals surface area contributed by atoms with Gasteiger partial charge in [-0.3, -0.25) is 0 Å². The molecule has 0 saturated carbocycles. The van der Waals surface area contributed by atoms with Gasteiger partial charge < -0.3 is 0 Å². The number of benzene rings is 10. The Balaban J connectivity index is 0.901. The molecule has 0 amide bonds. The average molecular weight is 977 g/mol. The quantitative estimate of drug-likeness (QED) is 0.101. The molecular formula is C65H48N2S2Si2.